The van der Waals surface area contributed by atoms with Crippen LogP contribution in [-0.4, -0.2) is 22.4 Å². The number of amides is 1. The Kier molecular flexibility index (Phi) is 3.61. The average molecular weight is 233 g/mol. The van der Waals surface area contributed by atoms with Crippen molar-refractivity contribution in [2.75, 3.05) is 6.54 Å². The molecule has 0 radical (unpaired) electrons. The van der Waals surface area contributed by atoms with Crippen molar-refractivity contribution in [2.45, 2.75) is 6.42 Å². The fourth-order valence-electron chi connectivity index (χ4n) is 1.28. The van der Waals surface area contributed by atoms with Crippen LogP contribution < -0.4 is 5.32 Å². The SMILES string of the molecule is O=C(NCCc1cccnc1)c1cncs1. The minimum atomic E-state index is -0.0635. The molecule has 0 saturated carbocycles. The van der Waals surface area contributed by atoms with E-state index in [4.69, 9.17) is 0 Å². The molecule has 5 heteroatoms. The average Bonchev–Trinajstić information content (AvgIpc) is 2.84. The van der Waals surface area contributed by atoms with Crippen molar-refractivity contribution in [2.24, 2.45) is 0 Å². The lowest BCUT2D eigenvalue weighted by molar-refractivity contribution is 0.0958. The summed E-state index contributed by atoms with van der Waals surface area (Å²) < 4.78 is 0. The van der Waals surface area contributed by atoms with Gasteiger partial charge >= 0.3 is 0 Å². The van der Waals surface area contributed by atoms with Gasteiger partial charge in [0.05, 0.1) is 11.7 Å². The second-order valence-corrected chi connectivity index (χ2v) is 4.12. The third-order valence-corrected chi connectivity index (χ3v) is 2.85. The van der Waals surface area contributed by atoms with Crippen molar-refractivity contribution in [1.29, 1.82) is 0 Å². The highest BCUT2D eigenvalue weighted by Gasteiger charge is 2.05. The minimum Gasteiger partial charge on any atom is -0.351 e. The molecule has 0 atom stereocenters. The maximum absolute atomic E-state index is 11.5. The summed E-state index contributed by atoms with van der Waals surface area (Å²) in [5.41, 5.74) is 2.77. The third-order valence-electron chi connectivity index (χ3n) is 2.08. The van der Waals surface area contributed by atoms with Crippen LogP contribution in [0.3, 0.4) is 0 Å². The van der Waals surface area contributed by atoms with Gasteiger partial charge < -0.3 is 5.32 Å². The summed E-state index contributed by atoms with van der Waals surface area (Å²) >= 11 is 1.34. The zero-order valence-electron chi connectivity index (χ0n) is 8.59. The van der Waals surface area contributed by atoms with Crippen molar-refractivity contribution in [1.82, 2.24) is 15.3 Å². The Morgan fingerprint density at radius 1 is 1.38 bits per heavy atom. The maximum atomic E-state index is 11.5. The van der Waals surface area contributed by atoms with E-state index in [1.54, 1.807) is 24.1 Å². The number of pyridine rings is 1. The molecule has 0 unspecified atom stereocenters. The second-order valence-electron chi connectivity index (χ2n) is 3.23. The second kappa shape index (κ2) is 5.37. The van der Waals surface area contributed by atoms with Crippen LogP contribution in [0.15, 0.2) is 36.2 Å². The Balaban J connectivity index is 1.79. The molecule has 1 amide bonds. The van der Waals surface area contributed by atoms with Crippen molar-refractivity contribution in [3.05, 3.63) is 46.7 Å². The smallest absolute Gasteiger partial charge is 0.263 e. The first-order chi connectivity index (χ1) is 7.86. The minimum absolute atomic E-state index is 0.0635. The van der Waals surface area contributed by atoms with Gasteiger partial charge in [-0.2, -0.15) is 0 Å². The number of carbonyl (C=O) groups excluding carboxylic acids is 1. The Labute approximate surface area is 97.4 Å². The molecular formula is C11H11N3OS. The van der Waals surface area contributed by atoms with Crippen LogP contribution >= 0.6 is 11.3 Å². The monoisotopic (exact) mass is 233 g/mol. The first kappa shape index (κ1) is 10.8. The third kappa shape index (κ3) is 2.87. The topological polar surface area (TPSA) is 54.9 Å². The van der Waals surface area contributed by atoms with E-state index in [0.717, 1.165) is 12.0 Å². The Bertz CT molecular complexity index is 442. The van der Waals surface area contributed by atoms with Crippen molar-refractivity contribution in [3.63, 3.8) is 0 Å². The number of nitrogens with zero attached hydrogens (tertiary/aromatic N) is 2. The summed E-state index contributed by atoms with van der Waals surface area (Å²) in [6.07, 6.45) is 5.90. The van der Waals surface area contributed by atoms with Gasteiger partial charge in [-0.1, -0.05) is 6.07 Å². The molecule has 0 bridgehead atoms. The number of carbonyl (C=O) groups is 1. The number of aromatic nitrogens is 2. The van der Waals surface area contributed by atoms with Crippen LogP contribution in [0.2, 0.25) is 0 Å². The normalized spacial score (nSPS) is 10.0. The predicted molar refractivity (Wildman–Crippen MR) is 62.4 cm³/mol. The molecule has 2 heterocycles. The number of thiazole rings is 1. The molecule has 82 valence electrons. The van der Waals surface area contributed by atoms with E-state index in [0.29, 0.717) is 11.4 Å². The molecule has 1 N–H and O–H groups in total. The predicted octanol–water partition coefficient (Wildman–Crippen LogP) is 1.51. The van der Waals surface area contributed by atoms with Crippen molar-refractivity contribution in [3.8, 4) is 0 Å². The van der Waals surface area contributed by atoms with Gasteiger partial charge in [0.2, 0.25) is 0 Å². The summed E-state index contributed by atoms with van der Waals surface area (Å²) in [6, 6.07) is 3.88. The van der Waals surface area contributed by atoms with Gasteiger partial charge in [0.15, 0.2) is 0 Å². The highest BCUT2D eigenvalue weighted by Crippen LogP contribution is 2.04. The Morgan fingerprint density at radius 2 is 2.31 bits per heavy atom. The van der Waals surface area contributed by atoms with E-state index in [2.05, 4.69) is 15.3 Å². The number of hydrogen-bond acceptors (Lipinski definition) is 4. The maximum Gasteiger partial charge on any atom is 0.263 e. The molecule has 0 saturated heterocycles. The number of rotatable bonds is 4. The standard InChI is InChI=1S/C11H11N3OS/c15-11(10-7-13-8-16-10)14-5-3-9-2-1-4-12-6-9/h1-2,4,6-8H,3,5H2,(H,14,15). The summed E-state index contributed by atoms with van der Waals surface area (Å²) in [6.45, 7) is 0.614. The van der Waals surface area contributed by atoms with E-state index < -0.39 is 0 Å². The van der Waals surface area contributed by atoms with E-state index in [1.807, 2.05) is 12.1 Å². The molecule has 2 aromatic rings. The molecule has 4 nitrogen and oxygen atoms in total. The molecule has 0 aliphatic heterocycles. The van der Waals surface area contributed by atoms with Crippen LogP contribution in [0.25, 0.3) is 0 Å². The molecule has 2 rings (SSSR count). The zero-order chi connectivity index (χ0) is 11.2. The van der Waals surface area contributed by atoms with Gasteiger partial charge in [-0.15, -0.1) is 11.3 Å². The molecule has 0 spiro atoms. The highest BCUT2D eigenvalue weighted by molar-refractivity contribution is 7.11. The lowest BCUT2D eigenvalue weighted by Crippen LogP contribution is -2.24. The molecule has 2 aromatic heterocycles. The fourth-order valence-corrected chi connectivity index (χ4v) is 1.82. The molecule has 0 aliphatic carbocycles. The largest absolute Gasteiger partial charge is 0.351 e. The van der Waals surface area contributed by atoms with E-state index in [9.17, 15) is 4.79 Å². The van der Waals surface area contributed by atoms with Crippen LogP contribution in [0.5, 0.6) is 0 Å². The first-order valence-corrected chi connectivity index (χ1v) is 5.80. The fraction of sp³-hybridized carbons (Fsp3) is 0.182. The summed E-state index contributed by atoms with van der Waals surface area (Å²) in [7, 11) is 0. The van der Waals surface area contributed by atoms with Crippen LogP contribution in [0.1, 0.15) is 15.2 Å². The molecular weight excluding hydrogens is 222 g/mol. The lowest BCUT2D eigenvalue weighted by Gasteiger charge is -2.02. The van der Waals surface area contributed by atoms with E-state index >= 15 is 0 Å². The van der Waals surface area contributed by atoms with E-state index in [1.165, 1.54) is 11.3 Å². The molecule has 0 aromatic carbocycles. The van der Waals surface area contributed by atoms with Gasteiger partial charge in [0.1, 0.15) is 4.88 Å². The van der Waals surface area contributed by atoms with Crippen LogP contribution in [0, 0.1) is 0 Å². The van der Waals surface area contributed by atoms with Gasteiger partial charge in [0, 0.05) is 18.9 Å². The number of hydrogen-bond donors (Lipinski definition) is 1. The molecule has 0 fully saturated rings. The highest BCUT2D eigenvalue weighted by atomic mass is 32.1. The first-order valence-electron chi connectivity index (χ1n) is 4.92. The van der Waals surface area contributed by atoms with Crippen LogP contribution in [0.4, 0.5) is 0 Å². The lowest BCUT2D eigenvalue weighted by atomic mass is 10.2. The summed E-state index contributed by atoms with van der Waals surface area (Å²) in [4.78, 5) is 20.1. The van der Waals surface area contributed by atoms with Crippen molar-refractivity contribution < 1.29 is 4.79 Å². The molecule has 0 aliphatic rings. The Hall–Kier alpha value is -1.75. The summed E-state index contributed by atoms with van der Waals surface area (Å²) in [5.74, 6) is -0.0635. The van der Waals surface area contributed by atoms with Gasteiger partial charge in [-0.05, 0) is 18.1 Å². The molecule has 16 heavy (non-hydrogen) atoms. The van der Waals surface area contributed by atoms with Gasteiger partial charge in [0.25, 0.3) is 5.91 Å². The van der Waals surface area contributed by atoms with Crippen LogP contribution in [-0.2, 0) is 6.42 Å². The van der Waals surface area contributed by atoms with Gasteiger partial charge in [-0.25, -0.2) is 0 Å². The zero-order valence-corrected chi connectivity index (χ0v) is 9.41. The van der Waals surface area contributed by atoms with E-state index in [-0.39, 0.29) is 5.91 Å². The Morgan fingerprint density at radius 3 is 3.00 bits per heavy atom. The number of nitrogens with one attached hydrogen (secondary N) is 1. The van der Waals surface area contributed by atoms with Crippen molar-refractivity contribution >= 4 is 17.2 Å². The van der Waals surface area contributed by atoms with Gasteiger partial charge in [-0.3, -0.25) is 14.8 Å². The summed E-state index contributed by atoms with van der Waals surface area (Å²) in [5, 5.41) is 2.84. The quantitative estimate of drug-likeness (QED) is 0.871.